The van der Waals surface area contributed by atoms with Gasteiger partial charge in [-0.25, -0.2) is 13.1 Å². The number of amides is 1. The number of aliphatic carboxylic acids is 1. The SMILES string of the molecule is Cc1cc(Cl)c(S(=O)(=O)N[C@@H](C(=O)[O-])C(C)C)cc1OCC(=O)NC1CCCCC1. The highest BCUT2D eigenvalue weighted by Gasteiger charge is 2.26. The number of benzene rings is 1. The number of sulfonamides is 1. The molecular weight excluding hydrogens is 432 g/mol. The van der Waals surface area contributed by atoms with E-state index in [4.69, 9.17) is 16.3 Å². The molecule has 8 nitrogen and oxygen atoms in total. The highest BCUT2D eigenvalue weighted by molar-refractivity contribution is 7.89. The number of carboxylic acid groups (broad SMARTS) is 1. The van der Waals surface area contributed by atoms with Gasteiger partial charge in [-0.1, -0.05) is 44.7 Å². The van der Waals surface area contributed by atoms with Gasteiger partial charge in [0.2, 0.25) is 10.0 Å². The summed E-state index contributed by atoms with van der Waals surface area (Å²) < 4.78 is 33.1. The highest BCUT2D eigenvalue weighted by atomic mass is 35.5. The van der Waals surface area contributed by atoms with E-state index in [2.05, 4.69) is 10.0 Å². The summed E-state index contributed by atoms with van der Waals surface area (Å²) in [6.45, 7) is 4.51. The van der Waals surface area contributed by atoms with Gasteiger partial charge in [0, 0.05) is 12.1 Å². The molecular formula is C20H28ClN2O6S-. The van der Waals surface area contributed by atoms with Crippen molar-refractivity contribution >= 4 is 33.5 Å². The molecule has 0 radical (unpaired) electrons. The summed E-state index contributed by atoms with van der Waals surface area (Å²) in [4.78, 5) is 23.1. The smallest absolute Gasteiger partial charge is 0.258 e. The first kappa shape index (κ1) is 24.4. The molecule has 0 unspecified atom stereocenters. The first-order valence-electron chi connectivity index (χ1n) is 9.96. The van der Waals surface area contributed by atoms with Crippen molar-refractivity contribution < 1.29 is 27.9 Å². The average molecular weight is 460 g/mol. The first-order valence-corrected chi connectivity index (χ1v) is 11.8. The van der Waals surface area contributed by atoms with E-state index in [1.807, 2.05) is 0 Å². The van der Waals surface area contributed by atoms with Gasteiger partial charge in [0.15, 0.2) is 6.61 Å². The zero-order chi connectivity index (χ0) is 22.5. The molecule has 1 fully saturated rings. The zero-order valence-corrected chi connectivity index (χ0v) is 18.9. The number of rotatable bonds is 9. The van der Waals surface area contributed by atoms with E-state index in [1.54, 1.807) is 20.8 Å². The molecule has 2 N–H and O–H groups in total. The van der Waals surface area contributed by atoms with E-state index in [-0.39, 0.29) is 34.2 Å². The Morgan fingerprint density at radius 1 is 1.23 bits per heavy atom. The Labute approximate surface area is 182 Å². The van der Waals surface area contributed by atoms with E-state index in [9.17, 15) is 23.1 Å². The third-order valence-corrected chi connectivity index (χ3v) is 6.96. The Morgan fingerprint density at radius 2 is 1.87 bits per heavy atom. The summed E-state index contributed by atoms with van der Waals surface area (Å²) in [5.41, 5.74) is 0.546. The Morgan fingerprint density at radius 3 is 2.43 bits per heavy atom. The largest absolute Gasteiger partial charge is 0.548 e. The number of carboxylic acids is 1. The number of carbonyl (C=O) groups is 2. The molecule has 1 aliphatic carbocycles. The van der Waals surface area contributed by atoms with Gasteiger partial charge >= 0.3 is 0 Å². The van der Waals surface area contributed by atoms with Gasteiger partial charge in [0.25, 0.3) is 5.91 Å². The van der Waals surface area contributed by atoms with Crippen LogP contribution in [0.4, 0.5) is 0 Å². The predicted molar refractivity (Wildman–Crippen MR) is 111 cm³/mol. The number of hydrogen-bond acceptors (Lipinski definition) is 6. The molecule has 30 heavy (non-hydrogen) atoms. The lowest BCUT2D eigenvalue weighted by atomic mass is 9.95. The van der Waals surface area contributed by atoms with Gasteiger partial charge in [0.05, 0.1) is 17.0 Å². The van der Waals surface area contributed by atoms with E-state index >= 15 is 0 Å². The molecule has 0 saturated heterocycles. The van der Waals surface area contributed by atoms with Gasteiger partial charge in [-0.05, 0) is 37.3 Å². The lowest BCUT2D eigenvalue weighted by Crippen LogP contribution is -2.50. The predicted octanol–water partition coefficient (Wildman–Crippen LogP) is 1.53. The second kappa shape index (κ2) is 10.5. The molecule has 1 amide bonds. The molecule has 10 heteroatoms. The van der Waals surface area contributed by atoms with E-state index < -0.39 is 28.0 Å². The number of aryl methyl sites for hydroxylation is 1. The standard InChI is InChI=1S/C20H29ClN2O6S/c1-12(2)19(20(25)26)23-30(27,28)17-10-16(13(3)9-15(17)21)29-11-18(24)22-14-7-5-4-6-8-14/h9-10,12,14,19,23H,4-8,11H2,1-3H3,(H,22,24)(H,25,26)/p-1/t19-/m1/s1. The Hall–Kier alpha value is -1.84. The van der Waals surface area contributed by atoms with Gasteiger partial charge in [-0.3, -0.25) is 4.79 Å². The topological polar surface area (TPSA) is 125 Å². The van der Waals surface area contributed by atoms with Crippen molar-refractivity contribution in [3.63, 3.8) is 0 Å². The summed E-state index contributed by atoms with van der Waals surface area (Å²) in [5, 5.41) is 14.1. The third kappa shape index (κ3) is 6.58. The summed E-state index contributed by atoms with van der Waals surface area (Å²) in [7, 11) is -4.26. The molecule has 1 atom stereocenters. The maximum atomic E-state index is 12.7. The van der Waals surface area contributed by atoms with Gasteiger partial charge in [-0.15, -0.1) is 0 Å². The van der Waals surface area contributed by atoms with Crippen LogP contribution in [0.15, 0.2) is 17.0 Å². The van der Waals surface area contributed by atoms with Gasteiger partial charge in [-0.2, -0.15) is 0 Å². The molecule has 1 aromatic rings. The Bertz CT molecular complexity index is 882. The molecule has 0 spiro atoms. The quantitative estimate of drug-likeness (QED) is 0.577. The minimum atomic E-state index is -4.26. The van der Waals surface area contributed by atoms with Crippen molar-refractivity contribution in [2.45, 2.75) is 69.9 Å². The fraction of sp³-hybridized carbons (Fsp3) is 0.600. The van der Waals surface area contributed by atoms with Crippen LogP contribution in [0.5, 0.6) is 5.75 Å². The Balaban J connectivity index is 2.14. The Kier molecular flexibility index (Phi) is 8.52. The van der Waals surface area contributed by atoms with Crippen LogP contribution >= 0.6 is 11.6 Å². The second-order valence-electron chi connectivity index (χ2n) is 7.90. The van der Waals surface area contributed by atoms with Crippen molar-refractivity contribution in [2.24, 2.45) is 5.92 Å². The summed E-state index contributed by atoms with van der Waals surface area (Å²) in [6.07, 6.45) is 5.22. The molecule has 0 aromatic heterocycles. The van der Waals surface area contributed by atoms with Gasteiger partial charge in [0.1, 0.15) is 10.6 Å². The van der Waals surface area contributed by atoms with E-state index in [1.165, 1.54) is 18.6 Å². The third-order valence-electron chi connectivity index (χ3n) is 5.05. The second-order valence-corrected chi connectivity index (χ2v) is 9.99. The summed E-state index contributed by atoms with van der Waals surface area (Å²) >= 11 is 6.10. The zero-order valence-electron chi connectivity index (χ0n) is 17.4. The van der Waals surface area contributed by atoms with E-state index in [0.29, 0.717) is 5.56 Å². The van der Waals surface area contributed by atoms with E-state index in [0.717, 1.165) is 25.7 Å². The molecule has 168 valence electrons. The molecule has 0 heterocycles. The van der Waals surface area contributed by atoms with Crippen LogP contribution in [0.25, 0.3) is 0 Å². The van der Waals surface area contributed by atoms with Crippen LogP contribution in [0.1, 0.15) is 51.5 Å². The molecule has 0 bridgehead atoms. The normalized spacial score (nSPS) is 16.3. The van der Waals surface area contributed by atoms with Crippen LogP contribution < -0.4 is 19.9 Å². The lowest BCUT2D eigenvalue weighted by Gasteiger charge is -2.24. The maximum absolute atomic E-state index is 12.7. The minimum Gasteiger partial charge on any atom is -0.548 e. The van der Waals surface area contributed by atoms with Crippen LogP contribution in [0.2, 0.25) is 5.02 Å². The number of halogens is 1. The van der Waals surface area contributed by atoms with Crippen molar-refractivity contribution in [1.29, 1.82) is 0 Å². The van der Waals surface area contributed by atoms with Gasteiger partial charge < -0.3 is 20.0 Å². The van der Waals surface area contributed by atoms with Crippen molar-refractivity contribution in [1.82, 2.24) is 10.0 Å². The summed E-state index contributed by atoms with van der Waals surface area (Å²) in [5.74, 6) is -2.18. The highest BCUT2D eigenvalue weighted by Crippen LogP contribution is 2.30. The average Bonchev–Trinajstić information content (AvgIpc) is 2.65. The van der Waals surface area contributed by atoms with Crippen molar-refractivity contribution in [3.05, 3.63) is 22.7 Å². The molecule has 1 saturated carbocycles. The van der Waals surface area contributed by atoms with Crippen molar-refractivity contribution in [2.75, 3.05) is 6.61 Å². The molecule has 2 rings (SSSR count). The first-order chi connectivity index (χ1) is 14.0. The number of ether oxygens (including phenoxy) is 1. The lowest BCUT2D eigenvalue weighted by molar-refractivity contribution is -0.309. The summed E-state index contributed by atoms with van der Waals surface area (Å²) in [6, 6.07) is 1.31. The fourth-order valence-corrected chi connectivity index (χ4v) is 5.27. The van der Waals surface area contributed by atoms with Crippen LogP contribution in [0.3, 0.4) is 0 Å². The number of carbonyl (C=O) groups excluding carboxylic acids is 2. The molecule has 1 aromatic carbocycles. The number of hydrogen-bond donors (Lipinski definition) is 2. The maximum Gasteiger partial charge on any atom is 0.258 e. The van der Waals surface area contributed by atoms with Crippen LogP contribution in [0, 0.1) is 12.8 Å². The number of nitrogens with one attached hydrogen (secondary N) is 2. The fourth-order valence-electron chi connectivity index (χ4n) is 3.34. The monoisotopic (exact) mass is 459 g/mol. The van der Waals surface area contributed by atoms with Crippen LogP contribution in [-0.2, 0) is 19.6 Å². The van der Waals surface area contributed by atoms with Crippen LogP contribution in [-0.4, -0.2) is 39.0 Å². The van der Waals surface area contributed by atoms with Crippen molar-refractivity contribution in [3.8, 4) is 5.75 Å². The minimum absolute atomic E-state index is 0.0835. The molecule has 1 aliphatic rings. The molecule has 0 aliphatic heterocycles.